The fourth-order valence-electron chi connectivity index (χ4n) is 12.0. The van der Waals surface area contributed by atoms with Crippen molar-refractivity contribution in [3.05, 3.63) is 12.2 Å². The van der Waals surface area contributed by atoms with Crippen molar-refractivity contribution in [1.82, 2.24) is 10.6 Å². The Labute approximate surface area is 413 Å². The Kier molecular flexibility index (Phi) is 21.0. The zero-order valence-electron chi connectivity index (χ0n) is 42.3. The number of hydrogen-bond acceptors (Lipinski definition) is 11. The van der Waals surface area contributed by atoms with Gasteiger partial charge in [0.1, 0.15) is 11.8 Å². The molecule has 5 aliphatic rings. The van der Waals surface area contributed by atoms with Crippen molar-refractivity contribution < 1.29 is 82.9 Å². The van der Waals surface area contributed by atoms with E-state index in [0.29, 0.717) is 64.3 Å². The van der Waals surface area contributed by atoms with Crippen molar-refractivity contribution in [3.63, 3.8) is 0 Å². The van der Waals surface area contributed by atoms with E-state index in [1.165, 1.54) is 19.3 Å². The van der Waals surface area contributed by atoms with E-state index in [1.807, 2.05) is 53.7 Å². The molecule has 13 nitrogen and oxygen atoms in total. The van der Waals surface area contributed by atoms with Crippen molar-refractivity contribution >= 4 is 17.8 Å². The zero-order chi connectivity index (χ0) is 47.2. The van der Waals surface area contributed by atoms with Gasteiger partial charge in [0, 0.05) is 48.5 Å². The molecule has 14 heteroatoms. The number of Topliss-reactive ketones (excluding diaryl/α,β-unsaturated/α-hetero) is 1. The molecule has 4 saturated heterocycles. The van der Waals surface area contributed by atoms with Gasteiger partial charge < -0.3 is 54.4 Å². The van der Waals surface area contributed by atoms with Gasteiger partial charge in [-0.2, -0.15) is 0 Å². The molecular weight excluding hydrogens is 840 g/mol. The molecule has 5 rings (SSSR count). The Morgan fingerprint density at radius 2 is 1.52 bits per heavy atom. The third-order valence-electron chi connectivity index (χ3n) is 16.6. The smallest absolute Gasteiger partial charge is 0.550 e. The first kappa shape index (κ1) is 56.5. The molecule has 0 radical (unpaired) electrons. The molecule has 0 aromatic carbocycles. The second kappa shape index (κ2) is 24.1. The summed E-state index contributed by atoms with van der Waals surface area (Å²) in [6.45, 7) is 22.4. The Bertz CT molecular complexity index is 1590. The van der Waals surface area contributed by atoms with Crippen LogP contribution in [0.25, 0.3) is 0 Å². The van der Waals surface area contributed by atoms with Crippen LogP contribution in [0.4, 0.5) is 4.79 Å². The predicted molar refractivity (Wildman–Crippen MR) is 244 cm³/mol. The molecule has 0 aliphatic carbocycles. The van der Waals surface area contributed by atoms with Gasteiger partial charge in [0.15, 0.2) is 11.6 Å². The van der Waals surface area contributed by atoms with Crippen molar-refractivity contribution in [2.75, 3.05) is 6.54 Å². The number of urea groups is 1. The Balaban J connectivity index is 0.00000925. The largest absolute Gasteiger partial charge is 1.00 e. The van der Waals surface area contributed by atoms with Gasteiger partial charge in [0.05, 0.1) is 47.8 Å². The van der Waals surface area contributed by atoms with Gasteiger partial charge in [-0.3, -0.25) is 4.79 Å². The van der Waals surface area contributed by atoms with E-state index in [2.05, 4.69) is 38.3 Å². The summed E-state index contributed by atoms with van der Waals surface area (Å²) < 4.78 is 34.6. The minimum absolute atomic E-state index is 0. The number of carboxylic acids is 1. The summed E-state index contributed by atoms with van der Waals surface area (Å²) in [6, 6.07) is -0.958. The van der Waals surface area contributed by atoms with Crippen molar-refractivity contribution in [1.29, 1.82) is 0 Å². The van der Waals surface area contributed by atoms with Gasteiger partial charge in [-0.05, 0) is 96.0 Å². The number of aliphatic hydroxyl groups is 2. The molecule has 0 bridgehead atoms. The summed E-state index contributed by atoms with van der Waals surface area (Å²) in [6.07, 6.45) is 13.1. The van der Waals surface area contributed by atoms with Crippen LogP contribution in [0, 0.1) is 41.4 Å². The molecule has 0 saturated carbocycles. The number of hydrogen-bond donors (Lipinski definition) is 4. The Hall–Kier alpha value is -1.13. The molecule has 2 amide bonds. The molecular formula is C51H87N2NaO11. The van der Waals surface area contributed by atoms with Gasteiger partial charge in [-0.1, -0.05) is 100 Å². The van der Waals surface area contributed by atoms with Gasteiger partial charge in [-0.25, -0.2) is 4.79 Å². The minimum Gasteiger partial charge on any atom is -0.550 e. The van der Waals surface area contributed by atoms with Gasteiger partial charge in [0.2, 0.25) is 0 Å². The second-order valence-electron chi connectivity index (χ2n) is 21.1. The molecule has 0 aromatic rings. The molecule has 18 atom stereocenters. The van der Waals surface area contributed by atoms with Crippen molar-refractivity contribution in [3.8, 4) is 0 Å². The topological polar surface area (TPSA) is 185 Å². The number of nitrogens with one attached hydrogen (secondary N) is 2. The SMILES string of the molecule is CCCCCCCCNC(=O)N[C@H]1C=C[C@]2(O[C@H]([C@@H](CC)C(=O)[C@@H](C)[C@@H](O)[C@H](C)[C@@H]3O[C@@H]([C@@H](CC)C(=O)[O-])CC[C@@H]3C)[C@@H](C)C[C@H]2C)O[C@@]12CC[C@@](C)([C@H]1CC[C@](O)(CC)[C@H](C)O1)O2.[Na+]. The number of amides is 2. The Morgan fingerprint density at radius 1 is 0.846 bits per heavy atom. The number of carbonyl (C=O) groups is 3. The van der Waals surface area contributed by atoms with E-state index in [1.54, 1.807) is 6.92 Å². The van der Waals surface area contributed by atoms with Crippen LogP contribution < -0.4 is 45.3 Å². The molecule has 368 valence electrons. The summed E-state index contributed by atoms with van der Waals surface area (Å²) in [5.74, 6) is -6.37. The number of ether oxygens (including phenoxy) is 5. The first-order valence-corrected chi connectivity index (χ1v) is 25.5. The van der Waals surface area contributed by atoms with Gasteiger partial charge in [-0.15, -0.1) is 0 Å². The quantitative estimate of drug-likeness (QED) is 0.0765. The maximum Gasteiger partial charge on any atom is 1.00 e. The fraction of sp³-hybridized carbons (Fsp3) is 0.902. The van der Waals surface area contributed by atoms with Gasteiger partial charge in [0.25, 0.3) is 0 Å². The van der Waals surface area contributed by atoms with Crippen LogP contribution in [0.1, 0.15) is 179 Å². The summed E-state index contributed by atoms with van der Waals surface area (Å²) in [4.78, 5) is 40.2. The van der Waals surface area contributed by atoms with Crippen LogP contribution in [0.2, 0.25) is 0 Å². The van der Waals surface area contributed by atoms with Gasteiger partial charge >= 0.3 is 35.6 Å². The van der Waals surface area contributed by atoms with Crippen molar-refractivity contribution in [2.45, 2.75) is 244 Å². The molecule has 5 heterocycles. The third kappa shape index (κ3) is 12.6. The first-order chi connectivity index (χ1) is 30.2. The summed E-state index contributed by atoms with van der Waals surface area (Å²) in [7, 11) is 0. The first-order valence-electron chi connectivity index (χ1n) is 25.5. The number of unbranched alkanes of at least 4 members (excludes halogenated alkanes) is 5. The standard InChI is InChI=1S/C51H88N2O11.Na/c1-12-16-17-18-19-20-29-52-47(58)53-40-23-26-50(64-51(40)28-27-48(11,63-51)41-24-25-49(59,15-4)36(10)60-41)33(7)30-32(6)45(62-50)38(14-3)43(55)34(8)42(54)35(9)44-31(5)21-22-39(61-44)37(13-2)46(56)57;/h23,26,31-42,44-45,54,59H,12-22,24-25,27-30H2,1-11H3,(H,56,57)(H2,52,53,58);/q;+1/p-1/t31-,32-,33+,34-,35-,36-,37+,38-,39+,40-,41+,42+,44+,45-,48-,49+,50-,51-;/m0./s1. The number of rotatable bonds is 20. The van der Waals surface area contributed by atoms with Crippen LogP contribution in [0.5, 0.6) is 0 Å². The number of ketones is 1. The zero-order valence-corrected chi connectivity index (χ0v) is 44.3. The molecule has 5 aliphatic heterocycles. The number of aliphatic carboxylic acids is 1. The minimum atomic E-state index is -1.32. The molecule has 4 fully saturated rings. The van der Waals surface area contributed by atoms with Crippen LogP contribution >= 0.6 is 0 Å². The van der Waals surface area contributed by atoms with E-state index < -0.39 is 82.9 Å². The summed E-state index contributed by atoms with van der Waals surface area (Å²) in [5.41, 5.74) is -1.70. The van der Waals surface area contributed by atoms with E-state index in [0.717, 1.165) is 25.7 Å². The predicted octanol–water partition coefficient (Wildman–Crippen LogP) is 4.52. The average molecular weight is 927 g/mol. The number of carboxylic acid groups (broad SMARTS) is 1. The maximum atomic E-state index is 14.7. The maximum absolute atomic E-state index is 14.7. The van der Waals surface area contributed by atoms with E-state index in [4.69, 9.17) is 23.7 Å². The second-order valence-corrected chi connectivity index (χ2v) is 21.1. The van der Waals surface area contributed by atoms with E-state index >= 15 is 0 Å². The normalized spacial score (nSPS) is 39.5. The van der Waals surface area contributed by atoms with Crippen LogP contribution in [0.3, 0.4) is 0 Å². The molecule has 2 spiro atoms. The van der Waals surface area contributed by atoms with Crippen LogP contribution in [0.15, 0.2) is 12.2 Å². The molecule has 0 unspecified atom stereocenters. The average Bonchev–Trinajstić information content (AvgIpc) is 3.61. The third-order valence-corrected chi connectivity index (χ3v) is 16.6. The van der Waals surface area contributed by atoms with Crippen LogP contribution in [-0.2, 0) is 33.3 Å². The van der Waals surface area contributed by atoms with E-state index in [9.17, 15) is 29.7 Å². The number of carbonyl (C=O) groups excluding carboxylic acids is 3. The molecule has 0 aromatic heterocycles. The molecule has 4 N–H and O–H groups in total. The fourth-order valence-corrected chi connectivity index (χ4v) is 12.0. The Morgan fingerprint density at radius 3 is 2.15 bits per heavy atom. The summed E-state index contributed by atoms with van der Waals surface area (Å²) in [5, 5.41) is 41.3. The van der Waals surface area contributed by atoms with Crippen LogP contribution in [-0.4, -0.2) is 100.0 Å². The molecule has 65 heavy (non-hydrogen) atoms. The van der Waals surface area contributed by atoms with E-state index in [-0.39, 0.29) is 71.3 Å². The summed E-state index contributed by atoms with van der Waals surface area (Å²) >= 11 is 0. The monoisotopic (exact) mass is 927 g/mol. The van der Waals surface area contributed by atoms with Crippen molar-refractivity contribution in [2.24, 2.45) is 41.4 Å². The number of aliphatic hydroxyl groups excluding tert-OH is 1.